The third kappa shape index (κ3) is 2.47. The molecule has 1 aliphatic rings. The first-order valence-electron chi connectivity index (χ1n) is 5.75. The first kappa shape index (κ1) is 11.3. The van der Waals surface area contributed by atoms with Crippen LogP contribution in [0.2, 0.25) is 0 Å². The summed E-state index contributed by atoms with van der Waals surface area (Å²) in [5.74, 6) is 1.58. The van der Waals surface area contributed by atoms with Gasteiger partial charge in [-0.1, -0.05) is 13.0 Å². The van der Waals surface area contributed by atoms with E-state index in [0.29, 0.717) is 6.61 Å². The summed E-state index contributed by atoms with van der Waals surface area (Å²) in [5, 5.41) is 0. The summed E-state index contributed by atoms with van der Waals surface area (Å²) in [6, 6.07) is 6.04. The van der Waals surface area contributed by atoms with Gasteiger partial charge in [0, 0.05) is 0 Å². The van der Waals surface area contributed by atoms with Crippen molar-refractivity contribution in [2.45, 2.75) is 31.7 Å². The molecule has 16 heavy (non-hydrogen) atoms. The lowest BCUT2D eigenvalue weighted by Crippen LogP contribution is -2.29. The highest BCUT2D eigenvalue weighted by atomic mass is 16.5. The van der Waals surface area contributed by atoms with Crippen molar-refractivity contribution in [3.8, 4) is 11.5 Å². The van der Waals surface area contributed by atoms with Crippen molar-refractivity contribution in [1.29, 1.82) is 0 Å². The van der Waals surface area contributed by atoms with Gasteiger partial charge in [0.1, 0.15) is 6.61 Å². The van der Waals surface area contributed by atoms with Gasteiger partial charge < -0.3 is 15.2 Å². The van der Waals surface area contributed by atoms with Crippen LogP contribution in [0.5, 0.6) is 11.5 Å². The highest BCUT2D eigenvalue weighted by Crippen LogP contribution is 2.35. The number of ether oxygens (including phenoxy) is 2. The predicted molar refractivity (Wildman–Crippen MR) is 64.0 cm³/mol. The molecule has 1 aromatic carbocycles. The maximum Gasteiger partial charge on any atom is 0.161 e. The lowest BCUT2D eigenvalue weighted by atomic mass is 10.1. The average molecular weight is 221 g/mol. The molecule has 0 bridgehead atoms. The third-order valence-electron chi connectivity index (χ3n) is 3.04. The largest absolute Gasteiger partial charge is 0.493 e. The van der Waals surface area contributed by atoms with Gasteiger partial charge in [-0.05, 0) is 37.0 Å². The number of benzene rings is 1. The smallest absolute Gasteiger partial charge is 0.161 e. The Labute approximate surface area is 96.5 Å². The van der Waals surface area contributed by atoms with Crippen molar-refractivity contribution < 1.29 is 9.47 Å². The summed E-state index contributed by atoms with van der Waals surface area (Å²) >= 11 is 0. The Morgan fingerprint density at radius 1 is 1.31 bits per heavy atom. The second kappa shape index (κ2) is 4.34. The normalized spacial score (nSPS) is 16.9. The van der Waals surface area contributed by atoms with E-state index < -0.39 is 0 Å². The fraction of sp³-hybridized carbons (Fsp3) is 0.538. The van der Waals surface area contributed by atoms with Gasteiger partial charge in [0.15, 0.2) is 11.5 Å². The molecule has 2 N–H and O–H groups in total. The van der Waals surface area contributed by atoms with E-state index in [2.05, 4.69) is 13.0 Å². The van der Waals surface area contributed by atoms with Gasteiger partial charge in [-0.25, -0.2) is 0 Å². The van der Waals surface area contributed by atoms with Crippen molar-refractivity contribution in [1.82, 2.24) is 0 Å². The number of rotatable bonds is 5. The molecule has 2 rings (SSSR count). The summed E-state index contributed by atoms with van der Waals surface area (Å²) in [4.78, 5) is 0. The molecule has 0 aromatic heterocycles. The molecule has 0 saturated heterocycles. The highest BCUT2D eigenvalue weighted by molar-refractivity contribution is 5.43. The summed E-state index contributed by atoms with van der Waals surface area (Å²) in [7, 11) is 1.66. The van der Waals surface area contributed by atoms with Gasteiger partial charge in [-0.3, -0.25) is 0 Å². The fourth-order valence-electron chi connectivity index (χ4n) is 1.58. The fourth-order valence-corrected chi connectivity index (χ4v) is 1.58. The van der Waals surface area contributed by atoms with Crippen LogP contribution in [0, 0.1) is 0 Å². The molecular weight excluding hydrogens is 202 g/mol. The molecule has 0 amide bonds. The van der Waals surface area contributed by atoms with Gasteiger partial charge in [0.25, 0.3) is 0 Å². The average Bonchev–Trinajstić information content (AvgIpc) is 3.05. The number of hydrogen-bond donors (Lipinski definition) is 1. The zero-order valence-electron chi connectivity index (χ0n) is 9.95. The third-order valence-corrected chi connectivity index (χ3v) is 3.04. The van der Waals surface area contributed by atoms with E-state index in [9.17, 15) is 0 Å². The Balaban J connectivity index is 2.07. The van der Waals surface area contributed by atoms with E-state index >= 15 is 0 Å². The van der Waals surface area contributed by atoms with E-state index in [1.54, 1.807) is 7.11 Å². The molecular formula is C13H19NO2. The molecule has 3 heteroatoms. The molecule has 1 aliphatic carbocycles. The second-order valence-corrected chi connectivity index (χ2v) is 4.49. The van der Waals surface area contributed by atoms with Gasteiger partial charge in [0.2, 0.25) is 0 Å². The minimum absolute atomic E-state index is 0.0889. The predicted octanol–water partition coefficient (Wildman–Crippen LogP) is 2.13. The van der Waals surface area contributed by atoms with Crippen molar-refractivity contribution in [3.05, 3.63) is 23.8 Å². The van der Waals surface area contributed by atoms with Crippen LogP contribution in [0.1, 0.15) is 25.3 Å². The van der Waals surface area contributed by atoms with Crippen LogP contribution < -0.4 is 15.2 Å². The SMILES string of the molecule is CCc1ccc(OCC2(N)CC2)c(OC)c1. The minimum atomic E-state index is -0.0889. The minimum Gasteiger partial charge on any atom is -0.493 e. The summed E-state index contributed by atoms with van der Waals surface area (Å²) < 4.78 is 11.0. The first-order chi connectivity index (χ1) is 7.67. The topological polar surface area (TPSA) is 44.5 Å². The van der Waals surface area contributed by atoms with Gasteiger partial charge in [-0.15, -0.1) is 0 Å². The van der Waals surface area contributed by atoms with Crippen LogP contribution in [0.25, 0.3) is 0 Å². The van der Waals surface area contributed by atoms with Crippen molar-refractivity contribution in [2.75, 3.05) is 13.7 Å². The number of nitrogens with two attached hydrogens (primary N) is 1. The van der Waals surface area contributed by atoms with Crippen molar-refractivity contribution in [2.24, 2.45) is 5.73 Å². The van der Waals surface area contributed by atoms with Gasteiger partial charge in [-0.2, -0.15) is 0 Å². The molecule has 0 heterocycles. The van der Waals surface area contributed by atoms with Gasteiger partial charge >= 0.3 is 0 Å². The molecule has 1 aromatic rings. The lowest BCUT2D eigenvalue weighted by molar-refractivity contribution is 0.264. The maximum absolute atomic E-state index is 5.98. The molecule has 1 fully saturated rings. The van der Waals surface area contributed by atoms with Crippen LogP contribution >= 0.6 is 0 Å². The molecule has 88 valence electrons. The quantitative estimate of drug-likeness (QED) is 0.828. The summed E-state index contributed by atoms with van der Waals surface area (Å²) in [6.45, 7) is 2.70. The van der Waals surface area contributed by atoms with Gasteiger partial charge in [0.05, 0.1) is 12.6 Å². The zero-order chi connectivity index (χ0) is 11.6. The second-order valence-electron chi connectivity index (χ2n) is 4.49. The van der Waals surface area contributed by atoms with Crippen LogP contribution in [0.4, 0.5) is 0 Å². The van der Waals surface area contributed by atoms with Crippen molar-refractivity contribution in [3.63, 3.8) is 0 Å². The Kier molecular flexibility index (Phi) is 3.06. The Bertz CT molecular complexity index is 372. The van der Waals surface area contributed by atoms with Crippen LogP contribution in [0.3, 0.4) is 0 Å². The van der Waals surface area contributed by atoms with Crippen molar-refractivity contribution >= 4 is 0 Å². The molecule has 3 nitrogen and oxygen atoms in total. The molecule has 0 aliphatic heterocycles. The van der Waals surface area contributed by atoms with E-state index in [1.165, 1.54) is 5.56 Å². The zero-order valence-corrected chi connectivity index (χ0v) is 9.95. The number of aryl methyl sites for hydroxylation is 1. The molecule has 0 unspecified atom stereocenters. The Morgan fingerprint density at radius 2 is 2.06 bits per heavy atom. The van der Waals surface area contributed by atoms with E-state index in [-0.39, 0.29) is 5.54 Å². The monoisotopic (exact) mass is 221 g/mol. The Morgan fingerprint density at radius 3 is 2.62 bits per heavy atom. The van der Waals surface area contributed by atoms with Crippen LogP contribution in [-0.2, 0) is 6.42 Å². The van der Waals surface area contributed by atoms with E-state index in [0.717, 1.165) is 30.8 Å². The number of methoxy groups -OCH3 is 1. The van der Waals surface area contributed by atoms with E-state index in [4.69, 9.17) is 15.2 Å². The summed E-state index contributed by atoms with van der Waals surface area (Å²) in [5.41, 5.74) is 7.14. The van der Waals surface area contributed by atoms with E-state index in [1.807, 2.05) is 12.1 Å². The first-order valence-corrected chi connectivity index (χ1v) is 5.75. The summed E-state index contributed by atoms with van der Waals surface area (Å²) in [6.07, 6.45) is 3.11. The maximum atomic E-state index is 5.98. The lowest BCUT2D eigenvalue weighted by Gasteiger charge is -2.14. The van der Waals surface area contributed by atoms with Crippen LogP contribution in [-0.4, -0.2) is 19.3 Å². The standard InChI is InChI=1S/C13H19NO2/c1-3-10-4-5-11(12(8-10)15-2)16-9-13(14)6-7-13/h4-5,8H,3,6-7,9,14H2,1-2H3. The van der Waals surface area contributed by atoms with Crippen LogP contribution in [0.15, 0.2) is 18.2 Å². The molecule has 0 radical (unpaired) electrons. The number of hydrogen-bond acceptors (Lipinski definition) is 3. The molecule has 1 saturated carbocycles. The molecule has 0 spiro atoms. The highest BCUT2D eigenvalue weighted by Gasteiger charge is 2.39. The molecule has 0 atom stereocenters. The Hall–Kier alpha value is -1.22.